The maximum Gasteiger partial charge on any atom is 0.273 e. The maximum atomic E-state index is 5.58. The quantitative estimate of drug-likeness (QED) is 0.798. The molecule has 0 bridgehead atoms. The molecule has 1 aromatic heterocycles. The van der Waals surface area contributed by atoms with Crippen molar-refractivity contribution in [2.24, 2.45) is 5.92 Å². The molecule has 1 N–H and O–H groups in total. The van der Waals surface area contributed by atoms with Crippen LogP contribution in [0.15, 0.2) is 5.38 Å². The lowest BCUT2D eigenvalue weighted by molar-refractivity contribution is 0.258. The topological polar surface area (TPSA) is 34.1 Å². The molecule has 0 aliphatic carbocycles. The van der Waals surface area contributed by atoms with E-state index >= 15 is 0 Å². The van der Waals surface area contributed by atoms with Crippen molar-refractivity contribution in [2.75, 3.05) is 19.7 Å². The third-order valence-corrected chi connectivity index (χ3v) is 3.07. The number of aryl methyl sites for hydroxylation is 1. The molecule has 0 spiro atoms. The Morgan fingerprint density at radius 1 is 1.77 bits per heavy atom. The van der Waals surface area contributed by atoms with Crippen LogP contribution in [-0.4, -0.2) is 24.7 Å². The molecule has 1 aromatic rings. The number of rotatable bonds is 3. The highest BCUT2D eigenvalue weighted by Crippen LogP contribution is 2.19. The van der Waals surface area contributed by atoms with Gasteiger partial charge in [0, 0.05) is 17.8 Å². The van der Waals surface area contributed by atoms with E-state index in [0.717, 1.165) is 30.6 Å². The van der Waals surface area contributed by atoms with Gasteiger partial charge in [0.15, 0.2) is 0 Å². The van der Waals surface area contributed by atoms with Crippen molar-refractivity contribution >= 4 is 11.3 Å². The van der Waals surface area contributed by atoms with Gasteiger partial charge >= 0.3 is 0 Å². The Bertz CT molecular complexity index is 268. The van der Waals surface area contributed by atoms with Crippen LogP contribution in [0.1, 0.15) is 12.1 Å². The van der Waals surface area contributed by atoms with Crippen LogP contribution in [0.2, 0.25) is 0 Å². The van der Waals surface area contributed by atoms with Crippen LogP contribution in [0, 0.1) is 12.8 Å². The van der Waals surface area contributed by atoms with Crippen LogP contribution in [0.25, 0.3) is 0 Å². The molecule has 0 radical (unpaired) electrons. The number of nitrogens with zero attached hydrogens (tertiary/aromatic N) is 1. The summed E-state index contributed by atoms with van der Waals surface area (Å²) in [7, 11) is 0. The zero-order chi connectivity index (χ0) is 9.10. The number of ether oxygens (including phenoxy) is 1. The summed E-state index contributed by atoms with van der Waals surface area (Å²) in [4.78, 5) is 4.25. The van der Waals surface area contributed by atoms with E-state index < -0.39 is 0 Å². The van der Waals surface area contributed by atoms with Gasteiger partial charge in [0.05, 0.1) is 12.3 Å². The largest absolute Gasteiger partial charge is 0.470 e. The van der Waals surface area contributed by atoms with Crippen LogP contribution in [0.4, 0.5) is 0 Å². The van der Waals surface area contributed by atoms with Gasteiger partial charge in [-0.25, -0.2) is 4.98 Å². The molecular weight excluding hydrogens is 184 g/mol. The first-order chi connectivity index (χ1) is 6.34. The van der Waals surface area contributed by atoms with Gasteiger partial charge in [-0.1, -0.05) is 11.3 Å². The minimum absolute atomic E-state index is 0.671. The van der Waals surface area contributed by atoms with E-state index in [9.17, 15) is 0 Å². The number of aromatic nitrogens is 1. The highest BCUT2D eigenvalue weighted by molar-refractivity contribution is 7.11. The third kappa shape index (κ3) is 2.42. The van der Waals surface area contributed by atoms with Gasteiger partial charge in [0.25, 0.3) is 5.19 Å². The number of hydrogen-bond acceptors (Lipinski definition) is 4. The fourth-order valence-electron chi connectivity index (χ4n) is 1.44. The average molecular weight is 198 g/mol. The van der Waals surface area contributed by atoms with Crippen molar-refractivity contribution in [1.29, 1.82) is 0 Å². The van der Waals surface area contributed by atoms with Crippen LogP contribution >= 0.6 is 11.3 Å². The summed E-state index contributed by atoms with van der Waals surface area (Å²) in [6.45, 7) is 5.01. The average Bonchev–Trinajstić information content (AvgIpc) is 2.71. The van der Waals surface area contributed by atoms with Crippen molar-refractivity contribution in [3.05, 3.63) is 11.1 Å². The molecule has 1 aliphatic rings. The molecule has 1 unspecified atom stereocenters. The third-order valence-electron chi connectivity index (χ3n) is 2.20. The van der Waals surface area contributed by atoms with Gasteiger partial charge in [-0.2, -0.15) is 0 Å². The van der Waals surface area contributed by atoms with E-state index in [4.69, 9.17) is 4.74 Å². The number of thiazole rings is 1. The van der Waals surface area contributed by atoms with Crippen molar-refractivity contribution in [3.8, 4) is 5.19 Å². The smallest absolute Gasteiger partial charge is 0.273 e. The monoisotopic (exact) mass is 198 g/mol. The van der Waals surface area contributed by atoms with E-state index in [1.165, 1.54) is 6.42 Å². The number of nitrogens with one attached hydrogen (secondary N) is 1. The minimum Gasteiger partial charge on any atom is -0.470 e. The van der Waals surface area contributed by atoms with Gasteiger partial charge in [0.1, 0.15) is 0 Å². The second-order valence-electron chi connectivity index (χ2n) is 3.42. The fourth-order valence-corrected chi connectivity index (χ4v) is 2.10. The van der Waals surface area contributed by atoms with Gasteiger partial charge in [-0.05, 0) is 19.9 Å². The van der Waals surface area contributed by atoms with Crippen molar-refractivity contribution < 1.29 is 4.74 Å². The van der Waals surface area contributed by atoms with E-state index in [2.05, 4.69) is 10.3 Å². The predicted molar refractivity (Wildman–Crippen MR) is 53.3 cm³/mol. The van der Waals surface area contributed by atoms with Crippen LogP contribution in [-0.2, 0) is 0 Å². The highest BCUT2D eigenvalue weighted by Gasteiger charge is 2.15. The SMILES string of the molecule is Cc1csc(OCC2CCNC2)n1. The molecule has 2 heterocycles. The lowest BCUT2D eigenvalue weighted by Gasteiger charge is -2.07. The summed E-state index contributed by atoms with van der Waals surface area (Å²) in [5.74, 6) is 0.671. The van der Waals surface area contributed by atoms with Gasteiger partial charge < -0.3 is 10.1 Å². The van der Waals surface area contributed by atoms with Crippen molar-refractivity contribution in [3.63, 3.8) is 0 Å². The molecule has 1 aliphatic heterocycles. The summed E-state index contributed by atoms with van der Waals surface area (Å²) in [6.07, 6.45) is 1.23. The molecule has 1 fully saturated rings. The summed E-state index contributed by atoms with van der Waals surface area (Å²) < 4.78 is 5.58. The first-order valence-electron chi connectivity index (χ1n) is 4.60. The van der Waals surface area contributed by atoms with Crippen LogP contribution in [0.5, 0.6) is 5.19 Å². The van der Waals surface area contributed by atoms with Crippen molar-refractivity contribution in [1.82, 2.24) is 10.3 Å². The molecule has 72 valence electrons. The summed E-state index contributed by atoms with van der Waals surface area (Å²) >= 11 is 1.58. The molecule has 0 amide bonds. The van der Waals surface area contributed by atoms with E-state index in [1.54, 1.807) is 11.3 Å². The summed E-state index contributed by atoms with van der Waals surface area (Å²) in [5, 5.41) is 6.14. The lowest BCUT2D eigenvalue weighted by Crippen LogP contribution is -2.15. The Hall–Kier alpha value is -0.610. The van der Waals surface area contributed by atoms with Gasteiger partial charge in [-0.15, -0.1) is 0 Å². The molecule has 3 nitrogen and oxygen atoms in total. The Balaban J connectivity index is 1.78. The zero-order valence-corrected chi connectivity index (χ0v) is 8.56. The summed E-state index contributed by atoms with van der Waals surface area (Å²) in [5.41, 5.74) is 1.05. The Morgan fingerprint density at radius 2 is 2.69 bits per heavy atom. The van der Waals surface area contributed by atoms with E-state index in [0.29, 0.717) is 5.92 Å². The molecule has 0 aromatic carbocycles. The standard InChI is InChI=1S/C9H14N2OS/c1-7-6-13-9(11-7)12-5-8-2-3-10-4-8/h6,8,10H,2-5H2,1H3. The molecular formula is C9H14N2OS. The Morgan fingerprint density at radius 3 is 3.31 bits per heavy atom. The zero-order valence-electron chi connectivity index (χ0n) is 7.75. The van der Waals surface area contributed by atoms with Crippen molar-refractivity contribution in [2.45, 2.75) is 13.3 Å². The molecule has 13 heavy (non-hydrogen) atoms. The first-order valence-corrected chi connectivity index (χ1v) is 5.48. The van der Waals surface area contributed by atoms with E-state index in [-0.39, 0.29) is 0 Å². The maximum absolute atomic E-state index is 5.58. The lowest BCUT2D eigenvalue weighted by atomic mass is 10.1. The van der Waals surface area contributed by atoms with Crippen LogP contribution in [0.3, 0.4) is 0 Å². The molecule has 4 heteroatoms. The second kappa shape index (κ2) is 4.07. The number of hydrogen-bond donors (Lipinski definition) is 1. The highest BCUT2D eigenvalue weighted by atomic mass is 32.1. The molecule has 1 atom stereocenters. The summed E-state index contributed by atoms with van der Waals surface area (Å²) in [6, 6.07) is 0. The predicted octanol–water partition coefficient (Wildman–Crippen LogP) is 1.44. The first kappa shape index (κ1) is 8.97. The molecule has 0 saturated carbocycles. The minimum atomic E-state index is 0.671. The van der Waals surface area contributed by atoms with Crippen LogP contribution < -0.4 is 10.1 Å². The Kier molecular flexibility index (Phi) is 2.80. The molecule has 2 rings (SSSR count). The normalized spacial score (nSPS) is 22.1. The Labute approximate surface area is 82.1 Å². The van der Waals surface area contributed by atoms with E-state index in [1.807, 2.05) is 12.3 Å². The van der Waals surface area contributed by atoms with Gasteiger partial charge in [0.2, 0.25) is 0 Å². The fraction of sp³-hybridized carbons (Fsp3) is 0.667. The molecule has 1 saturated heterocycles. The van der Waals surface area contributed by atoms with Gasteiger partial charge in [-0.3, -0.25) is 0 Å². The second-order valence-corrected chi connectivity index (χ2v) is 4.25.